The monoisotopic (exact) mass is 224 g/mol. The molecule has 5 heteroatoms. The van der Waals surface area contributed by atoms with E-state index in [1.807, 2.05) is 0 Å². The molecule has 3 N–H and O–H groups in total. The average molecular weight is 224 g/mol. The molecule has 1 aromatic carbocycles. The van der Waals surface area contributed by atoms with E-state index in [2.05, 4.69) is 10.6 Å². The topological polar surface area (TPSA) is 72.2 Å². The first-order chi connectivity index (χ1) is 7.08. The molecule has 0 saturated carbocycles. The van der Waals surface area contributed by atoms with Crippen molar-refractivity contribution in [3.05, 3.63) is 24.3 Å². The van der Waals surface area contributed by atoms with Gasteiger partial charge in [0.1, 0.15) is 4.90 Å². The van der Waals surface area contributed by atoms with Gasteiger partial charge in [0.25, 0.3) is 0 Å². The maximum Gasteiger partial charge on any atom is 0.242 e. The summed E-state index contributed by atoms with van der Waals surface area (Å²) in [4.78, 5) is 0.0852. The van der Waals surface area contributed by atoms with Crippen LogP contribution in [0.1, 0.15) is 6.42 Å². The van der Waals surface area contributed by atoms with E-state index in [-0.39, 0.29) is 17.1 Å². The maximum atomic E-state index is 11.7. The minimum absolute atomic E-state index is 0.0852. The average Bonchev–Trinajstić information content (AvgIpc) is 2.18. The van der Waals surface area contributed by atoms with Gasteiger partial charge in [-0.1, -0.05) is 12.1 Å². The van der Waals surface area contributed by atoms with Gasteiger partial charge in [0.05, 0.1) is 5.69 Å². The lowest BCUT2D eigenvalue weighted by Crippen LogP contribution is -2.25. The number of sulfonamides is 1. The Morgan fingerprint density at radius 1 is 1.40 bits per heavy atom. The zero-order valence-corrected chi connectivity index (χ0v) is 8.92. The van der Waals surface area contributed by atoms with E-state index in [0.29, 0.717) is 6.42 Å². The van der Waals surface area contributed by atoms with Gasteiger partial charge in [0.2, 0.25) is 10.0 Å². The lowest BCUT2D eigenvalue weighted by molar-refractivity contribution is 0.583. The molecule has 0 aliphatic heterocycles. The Hall–Kier alpha value is -1.51. The SMILES string of the molecule is C#CCCNS(=O)(=O)c1ccccc1N. The fourth-order valence-electron chi connectivity index (χ4n) is 1.06. The van der Waals surface area contributed by atoms with Crippen LogP contribution in [-0.2, 0) is 10.0 Å². The van der Waals surface area contributed by atoms with Crippen LogP contribution in [0.4, 0.5) is 5.69 Å². The quantitative estimate of drug-likeness (QED) is 0.446. The molecule has 0 amide bonds. The summed E-state index contributed by atoms with van der Waals surface area (Å²) in [6.45, 7) is 0.215. The molecule has 0 saturated heterocycles. The smallest absolute Gasteiger partial charge is 0.242 e. The molecule has 0 aliphatic rings. The van der Waals surface area contributed by atoms with Crippen LogP contribution in [0.15, 0.2) is 29.2 Å². The van der Waals surface area contributed by atoms with Crippen molar-refractivity contribution in [3.8, 4) is 12.3 Å². The van der Waals surface area contributed by atoms with Gasteiger partial charge < -0.3 is 5.73 Å². The highest BCUT2D eigenvalue weighted by Crippen LogP contribution is 2.16. The molecule has 0 heterocycles. The summed E-state index contributed by atoms with van der Waals surface area (Å²) in [5.41, 5.74) is 5.78. The van der Waals surface area contributed by atoms with Crippen LogP contribution in [0, 0.1) is 12.3 Å². The fourth-order valence-corrected chi connectivity index (χ4v) is 2.22. The van der Waals surface area contributed by atoms with Crippen LogP contribution < -0.4 is 10.5 Å². The van der Waals surface area contributed by atoms with Crippen molar-refractivity contribution in [2.24, 2.45) is 0 Å². The number of para-hydroxylation sites is 1. The van der Waals surface area contributed by atoms with Crippen LogP contribution >= 0.6 is 0 Å². The molecular formula is C10H12N2O2S. The van der Waals surface area contributed by atoms with Crippen molar-refractivity contribution in [2.45, 2.75) is 11.3 Å². The highest BCUT2D eigenvalue weighted by atomic mass is 32.2. The fraction of sp³-hybridized carbons (Fsp3) is 0.200. The number of nitrogens with one attached hydrogen (secondary N) is 1. The minimum atomic E-state index is -3.53. The predicted octanol–water partition coefficient (Wildman–Crippen LogP) is 0.570. The van der Waals surface area contributed by atoms with Gasteiger partial charge in [-0.2, -0.15) is 0 Å². The van der Waals surface area contributed by atoms with Gasteiger partial charge in [-0.25, -0.2) is 13.1 Å². The van der Waals surface area contributed by atoms with Crippen LogP contribution in [-0.4, -0.2) is 15.0 Å². The summed E-state index contributed by atoms with van der Waals surface area (Å²) < 4.78 is 25.7. The summed E-state index contributed by atoms with van der Waals surface area (Å²) in [6.07, 6.45) is 5.37. The zero-order chi connectivity index (χ0) is 11.3. The number of nitrogens with two attached hydrogens (primary N) is 1. The molecule has 0 aromatic heterocycles. The molecule has 0 aliphatic carbocycles. The number of nitrogen functional groups attached to an aromatic ring is 1. The van der Waals surface area contributed by atoms with Gasteiger partial charge in [-0.3, -0.25) is 0 Å². The molecule has 0 fully saturated rings. The van der Waals surface area contributed by atoms with Crippen molar-refractivity contribution in [1.29, 1.82) is 0 Å². The van der Waals surface area contributed by atoms with Crippen LogP contribution in [0.2, 0.25) is 0 Å². The normalized spacial score (nSPS) is 10.9. The van der Waals surface area contributed by atoms with Crippen LogP contribution in [0.25, 0.3) is 0 Å². The Balaban J connectivity index is 2.88. The molecule has 4 nitrogen and oxygen atoms in total. The van der Waals surface area contributed by atoms with Gasteiger partial charge >= 0.3 is 0 Å². The molecule has 0 atom stereocenters. The molecular weight excluding hydrogens is 212 g/mol. The third kappa shape index (κ3) is 2.98. The van der Waals surface area contributed by atoms with Gasteiger partial charge in [-0.05, 0) is 12.1 Å². The van der Waals surface area contributed by atoms with Gasteiger partial charge in [0, 0.05) is 13.0 Å². The summed E-state index contributed by atoms with van der Waals surface area (Å²) >= 11 is 0. The number of terminal acetylenes is 1. The summed E-state index contributed by atoms with van der Waals surface area (Å²) in [5.74, 6) is 2.35. The standard InChI is InChI=1S/C10H12N2O2S/c1-2-3-8-12-15(13,14)10-7-5-4-6-9(10)11/h1,4-7,12H,3,8,11H2. The number of hydrogen-bond acceptors (Lipinski definition) is 3. The minimum Gasteiger partial charge on any atom is -0.398 e. The van der Waals surface area contributed by atoms with E-state index in [0.717, 1.165) is 0 Å². The molecule has 0 bridgehead atoms. The molecule has 0 spiro atoms. The van der Waals surface area contributed by atoms with Crippen molar-refractivity contribution in [3.63, 3.8) is 0 Å². The Morgan fingerprint density at radius 3 is 2.67 bits per heavy atom. The first kappa shape index (κ1) is 11.6. The van der Waals surface area contributed by atoms with E-state index in [1.165, 1.54) is 12.1 Å². The van der Waals surface area contributed by atoms with Crippen molar-refractivity contribution in [2.75, 3.05) is 12.3 Å². The second-order valence-corrected chi connectivity index (χ2v) is 4.63. The Kier molecular flexibility index (Phi) is 3.72. The molecule has 0 unspecified atom stereocenters. The number of rotatable bonds is 4. The highest BCUT2D eigenvalue weighted by Gasteiger charge is 2.15. The number of anilines is 1. The third-order valence-corrected chi connectivity index (χ3v) is 3.30. The maximum absolute atomic E-state index is 11.7. The summed E-state index contributed by atoms with van der Waals surface area (Å²) in [6, 6.07) is 6.28. The lowest BCUT2D eigenvalue weighted by Gasteiger charge is -2.07. The first-order valence-electron chi connectivity index (χ1n) is 4.35. The summed E-state index contributed by atoms with van der Waals surface area (Å²) in [5, 5.41) is 0. The largest absolute Gasteiger partial charge is 0.398 e. The van der Waals surface area contributed by atoms with Gasteiger partial charge in [-0.15, -0.1) is 12.3 Å². The van der Waals surface area contributed by atoms with E-state index < -0.39 is 10.0 Å². The van der Waals surface area contributed by atoms with Crippen LogP contribution in [0.3, 0.4) is 0 Å². The second kappa shape index (κ2) is 4.82. The summed E-state index contributed by atoms with van der Waals surface area (Å²) in [7, 11) is -3.53. The van der Waals surface area contributed by atoms with E-state index in [9.17, 15) is 8.42 Å². The molecule has 15 heavy (non-hydrogen) atoms. The first-order valence-corrected chi connectivity index (χ1v) is 5.84. The molecule has 80 valence electrons. The third-order valence-electron chi connectivity index (χ3n) is 1.77. The molecule has 1 aromatic rings. The van der Waals surface area contributed by atoms with E-state index in [1.54, 1.807) is 12.1 Å². The Bertz CT molecular complexity index is 474. The van der Waals surface area contributed by atoms with E-state index >= 15 is 0 Å². The van der Waals surface area contributed by atoms with Crippen molar-refractivity contribution in [1.82, 2.24) is 4.72 Å². The van der Waals surface area contributed by atoms with Crippen molar-refractivity contribution < 1.29 is 8.42 Å². The van der Waals surface area contributed by atoms with Gasteiger partial charge in [0.15, 0.2) is 0 Å². The predicted molar refractivity (Wildman–Crippen MR) is 59.5 cm³/mol. The molecule has 1 rings (SSSR count). The van der Waals surface area contributed by atoms with E-state index in [4.69, 9.17) is 12.2 Å². The lowest BCUT2D eigenvalue weighted by atomic mass is 10.3. The zero-order valence-electron chi connectivity index (χ0n) is 8.10. The van der Waals surface area contributed by atoms with Crippen molar-refractivity contribution >= 4 is 15.7 Å². The Morgan fingerprint density at radius 2 is 2.07 bits per heavy atom. The Labute approximate surface area is 89.5 Å². The van der Waals surface area contributed by atoms with Crippen LogP contribution in [0.5, 0.6) is 0 Å². The highest BCUT2D eigenvalue weighted by molar-refractivity contribution is 7.89. The number of benzene rings is 1. The second-order valence-electron chi connectivity index (χ2n) is 2.89. The molecule has 0 radical (unpaired) electrons. The number of hydrogen-bond donors (Lipinski definition) is 2.